The minimum absolute atomic E-state index is 0.211. The fourth-order valence-corrected chi connectivity index (χ4v) is 2.74. The van der Waals surface area contributed by atoms with E-state index in [4.69, 9.17) is 5.21 Å². The average Bonchev–Trinajstić information content (AvgIpc) is 2.43. The Labute approximate surface area is 128 Å². The monoisotopic (exact) mass is 334 g/mol. The third-order valence-electron chi connectivity index (χ3n) is 3.18. The summed E-state index contributed by atoms with van der Waals surface area (Å²) in [7, 11) is 0. The average molecular weight is 334 g/mol. The number of carbonyl (C=O) groups excluding carboxylic acids is 2. The number of hydrogen-bond acceptors (Lipinski definition) is 4. The SMILES string of the molecule is O=C(NO)[C@H]1CCN1C(=O)c1cccc(SCC(F)(F)F)c1. The van der Waals surface area contributed by atoms with E-state index >= 15 is 0 Å². The van der Waals surface area contributed by atoms with Crippen molar-refractivity contribution in [3.05, 3.63) is 29.8 Å². The lowest BCUT2D eigenvalue weighted by Gasteiger charge is -2.39. The van der Waals surface area contributed by atoms with Crippen LogP contribution >= 0.6 is 11.8 Å². The molecule has 0 radical (unpaired) electrons. The molecular formula is C13H13F3N2O3S. The summed E-state index contributed by atoms with van der Waals surface area (Å²) in [6.45, 7) is 0.358. The van der Waals surface area contributed by atoms with Crippen molar-refractivity contribution in [1.29, 1.82) is 0 Å². The van der Waals surface area contributed by atoms with Gasteiger partial charge in [0.15, 0.2) is 0 Å². The highest BCUT2D eigenvalue weighted by Crippen LogP contribution is 2.28. The summed E-state index contributed by atoms with van der Waals surface area (Å²) in [6, 6.07) is 5.08. The molecule has 0 unspecified atom stereocenters. The molecule has 0 saturated carbocycles. The normalized spacial score (nSPS) is 17.8. The van der Waals surface area contributed by atoms with Gasteiger partial charge in [-0.25, -0.2) is 5.48 Å². The van der Waals surface area contributed by atoms with Gasteiger partial charge in [-0.2, -0.15) is 13.2 Å². The molecule has 22 heavy (non-hydrogen) atoms. The maximum atomic E-state index is 12.2. The van der Waals surface area contributed by atoms with Crippen LogP contribution in [0.25, 0.3) is 0 Å². The largest absolute Gasteiger partial charge is 0.398 e. The van der Waals surface area contributed by atoms with Gasteiger partial charge < -0.3 is 4.90 Å². The van der Waals surface area contributed by atoms with E-state index in [9.17, 15) is 22.8 Å². The molecule has 2 amide bonds. The van der Waals surface area contributed by atoms with E-state index in [1.807, 2.05) is 0 Å². The van der Waals surface area contributed by atoms with Crippen LogP contribution in [0.2, 0.25) is 0 Å². The van der Waals surface area contributed by atoms with Crippen LogP contribution in [-0.4, -0.2) is 46.4 Å². The van der Waals surface area contributed by atoms with Crippen molar-refractivity contribution >= 4 is 23.6 Å². The molecule has 5 nitrogen and oxygen atoms in total. The Morgan fingerprint density at radius 1 is 1.41 bits per heavy atom. The number of amides is 2. The number of likely N-dealkylation sites (tertiary alicyclic amines) is 1. The Balaban J connectivity index is 2.06. The Bertz CT molecular complexity index is 580. The highest BCUT2D eigenvalue weighted by molar-refractivity contribution is 7.99. The summed E-state index contributed by atoms with van der Waals surface area (Å²) in [5.74, 6) is -2.17. The Morgan fingerprint density at radius 2 is 2.14 bits per heavy atom. The molecule has 1 fully saturated rings. The van der Waals surface area contributed by atoms with Crippen molar-refractivity contribution in [1.82, 2.24) is 10.4 Å². The summed E-state index contributed by atoms with van der Waals surface area (Å²) in [5, 5.41) is 8.58. The van der Waals surface area contributed by atoms with Crippen LogP contribution in [0.4, 0.5) is 13.2 Å². The number of nitrogens with one attached hydrogen (secondary N) is 1. The molecule has 2 N–H and O–H groups in total. The van der Waals surface area contributed by atoms with Crippen LogP contribution in [0.5, 0.6) is 0 Å². The molecule has 0 aliphatic carbocycles. The van der Waals surface area contributed by atoms with Gasteiger partial charge >= 0.3 is 6.18 Å². The second-order valence-electron chi connectivity index (χ2n) is 4.71. The molecular weight excluding hydrogens is 321 g/mol. The molecule has 1 aliphatic rings. The van der Waals surface area contributed by atoms with E-state index in [-0.39, 0.29) is 5.56 Å². The molecule has 1 heterocycles. The summed E-state index contributed by atoms with van der Waals surface area (Å²) in [4.78, 5) is 25.2. The number of carbonyl (C=O) groups is 2. The number of halogens is 3. The van der Waals surface area contributed by atoms with Crippen molar-refractivity contribution < 1.29 is 28.0 Å². The number of nitrogens with zero attached hydrogens (tertiary/aromatic N) is 1. The van der Waals surface area contributed by atoms with Gasteiger partial charge in [-0.05, 0) is 24.6 Å². The Hall–Kier alpha value is -1.74. The quantitative estimate of drug-likeness (QED) is 0.502. The zero-order chi connectivity index (χ0) is 16.3. The fourth-order valence-electron chi connectivity index (χ4n) is 2.03. The third kappa shape index (κ3) is 3.92. The van der Waals surface area contributed by atoms with E-state index in [2.05, 4.69) is 0 Å². The lowest BCUT2D eigenvalue weighted by atomic mass is 10.0. The predicted molar refractivity (Wildman–Crippen MR) is 72.6 cm³/mol. The van der Waals surface area contributed by atoms with Gasteiger partial charge in [0.1, 0.15) is 6.04 Å². The minimum Gasteiger partial charge on any atom is -0.326 e. The second-order valence-corrected chi connectivity index (χ2v) is 5.76. The highest BCUT2D eigenvalue weighted by Gasteiger charge is 2.38. The first-order chi connectivity index (χ1) is 10.3. The number of hydroxylamine groups is 1. The number of hydrogen-bond donors (Lipinski definition) is 2. The van der Waals surface area contributed by atoms with Gasteiger partial charge in [-0.3, -0.25) is 14.8 Å². The third-order valence-corrected chi connectivity index (χ3v) is 4.24. The van der Waals surface area contributed by atoms with E-state index in [0.717, 1.165) is 0 Å². The number of rotatable bonds is 4. The van der Waals surface area contributed by atoms with Crippen LogP contribution in [0.3, 0.4) is 0 Å². The highest BCUT2D eigenvalue weighted by atomic mass is 32.2. The maximum absolute atomic E-state index is 12.2. The van der Waals surface area contributed by atoms with Gasteiger partial charge in [0.05, 0.1) is 5.75 Å². The van der Waals surface area contributed by atoms with Gasteiger partial charge in [-0.1, -0.05) is 6.07 Å². The molecule has 9 heteroatoms. The van der Waals surface area contributed by atoms with Crippen molar-refractivity contribution in [3.8, 4) is 0 Å². The lowest BCUT2D eigenvalue weighted by Crippen LogP contribution is -2.57. The van der Waals surface area contributed by atoms with Crippen molar-refractivity contribution in [3.63, 3.8) is 0 Å². The zero-order valence-corrected chi connectivity index (χ0v) is 12.1. The lowest BCUT2D eigenvalue weighted by molar-refractivity contribution is -0.137. The summed E-state index contributed by atoms with van der Waals surface area (Å²) in [6.07, 6.45) is -3.85. The van der Waals surface area contributed by atoms with Crippen LogP contribution in [0.1, 0.15) is 16.8 Å². The van der Waals surface area contributed by atoms with E-state index in [1.165, 1.54) is 34.6 Å². The van der Waals surface area contributed by atoms with E-state index in [0.29, 0.717) is 29.6 Å². The van der Waals surface area contributed by atoms with Crippen LogP contribution in [0, 0.1) is 0 Å². The molecule has 1 aliphatic heterocycles. The van der Waals surface area contributed by atoms with Crippen LogP contribution in [-0.2, 0) is 4.79 Å². The Morgan fingerprint density at radius 3 is 2.68 bits per heavy atom. The Kier molecular flexibility index (Phi) is 4.97. The minimum atomic E-state index is -4.29. The van der Waals surface area contributed by atoms with Crippen molar-refractivity contribution in [2.45, 2.75) is 23.5 Å². The van der Waals surface area contributed by atoms with Gasteiger partial charge in [-0.15, -0.1) is 11.8 Å². The van der Waals surface area contributed by atoms with Crippen molar-refractivity contribution in [2.24, 2.45) is 0 Å². The van der Waals surface area contributed by atoms with E-state index in [1.54, 1.807) is 0 Å². The molecule has 0 aromatic heterocycles. The van der Waals surface area contributed by atoms with Crippen LogP contribution in [0.15, 0.2) is 29.2 Å². The zero-order valence-electron chi connectivity index (χ0n) is 11.3. The topological polar surface area (TPSA) is 69.6 Å². The van der Waals surface area contributed by atoms with E-state index < -0.39 is 29.8 Å². The number of thioether (sulfide) groups is 1. The summed E-state index contributed by atoms with van der Waals surface area (Å²) >= 11 is 0.593. The molecule has 0 bridgehead atoms. The number of benzene rings is 1. The molecule has 1 saturated heterocycles. The van der Waals surface area contributed by atoms with Gasteiger partial charge in [0.25, 0.3) is 11.8 Å². The molecule has 0 spiro atoms. The second kappa shape index (κ2) is 6.57. The predicted octanol–water partition coefficient (Wildman–Crippen LogP) is 2.06. The first kappa shape index (κ1) is 16.6. The molecule has 1 aromatic rings. The fraction of sp³-hybridized carbons (Fsp3) is 0.385. The first-order valence-electron chi connectivity index (χ1n) is 6.36. The van der Waals surface area contributed by atoms with Crippen molar-refractivity contribution in [2.75, 3.05) is 12.3 Å². The van der Waals surface area contributed by atoms with Crippen LogP contribution < -0.4 is 5.48 Å². The summed E-state index contributed by atoms with van der Waals surface area (Å²) in [5.41, 5.74) is 1.70. The standard InChI is InChI=1S/C13H13F3N2O3S/c14-13(15,16)7-22-9-3-1-2-8(6-9)12(20)18-5-4-10(18)11(19)17-21/h1-3,6,10,21H,4-5,7H2,(H,17,19)/t10-/m1/s1. The van der Waals surface area contributed by atoms with Gasteiger partial charge in [0, 0.05) is 17.0 Å². The first-order valence-corrected chi connectivity index (χ1v) is 7.35. The number of alkyl halides is 3. The smallest absolute Gasteiger partial charge is 0.326 e. The molecule has 1 aromatic carbocycles. The molecule has 120 valence electrons. The van der Waals surface area contributed by atoms with Gasteiger partial charge in [0.2, 0.25) is 0 Å². The molecule has 2 rings (SSSR count). The molecule has 1 atom stereocenters. The maximum Gasteiger partial charge on any atom is 0.398 e. The summed E-state index contributed by atoms with van der Waals surface area (Å²) < 4.78 is 36.6.